The van der Waals surface area contributed by atoms with Crippen molar-refractivity contribution in [2.75, 3.05) is 0 Å². The van der Waals surface area contributed by atoms with Crippen molar-refractivity contribution in [3.8, 4) is 0 Å². The van der Waals surface area contributed by atoms with Crippen LogP contribution in [0.15, 0.2) is 10.5 Å². The van der Waals surface area contributed by atoms with Gasteiger partial charge < -0.3 is 8.98 Å². The predicted octanol–water partition coefficient (Wildman–Crippen LogP) is 3.00. The van der Waals surface area contributed by atoms with Crippen molar-refractivity contribution in [2.24, 2.45) is 0 Å². The maximum Gasteiger partial charge on any atom is 0.230 e. The van der Waals surface area contributed by atoms with Crippen molar-refractivity contribution in [3.05, 3.63) is 22.3 Å². The lowest BCUT2D eigenvalue weighted by Gasteiger charge is -2.17. The summed E-state index contributed by atoms with van der Waals surface area (Å²) in [5, 5.41) is 0.980. The lowest BCUT2D eigenvalue weighted by molar-refractivity contribution is 0.497. The molecular formula is C11H12N2OS. The van der Waals surface area contributed by atoms with Crippen LogP contribution in [0.3, 0.4) is 0 Å². The molecule has 2 aromatic rings. The SMILES string of the molecule is Cc1cc2c(=S)n3c(nc2o1)CCCC3. The molecule has 78 valence electrons. The molecule has 4 heteroatoms. The Kier molecular flexibility index (Phi) is 1.92. The van der Waals surface area contributed by atoms with Gasteiger partial charge in [-0.2, -0.15) is 4.98 Å². The van der Waals surface area contributed by atoms with Gasteiger partial charge in [0.25, 0.3) is 0 Å². The number of aryl methyl sites for hydroxylation is 2. The van der Waals surface area contributed by atoms with E-state index >= 15 is 0 Å². The summed E-state index contributed by atoms with van der Waals surface area (Å²) in [6.07, 6.45) is 3.41. The van der Waals surface area contributed by atoms with Crippen LogP contribution in [0.2, 0.25) is 0 Å². The lowest BCUT2D eigenvalue weighted by atomic mass is 10.1. The molecule has 15 heavy (non-hydrogen) atoms. The van der Waals surface area contributed by atoms with Gasteiger partial charge in [0.1, 0.15) is 16.2 Å². The van der Waals surface area contributed by atoms with Crippen LogP contribution < -0.4 is 0 Å². The molecule has 0 N–H and O–H groups in total. The fourth-order valence-corrected chi connectivity index (χ4v) is 2.50. The fourth-order valence-electron chi connectivity index (χ4n) is 2.15. The molecular weight excluding hydrogens is 208 g/mol. The number of hydrogen-bond acceptors (Lipinski definition) is 3. The zero-order valence-corrected chi connectivity index (χ0v) is 9.43. The number of nitrogens with zero attached hydrogens (tertiary/aromatic N) is 2. The van der Waals surface area contributed by atoms with Crippen molar-refractivity contribution >= 4 is 23.3 Å². The first-order chi connectivity index (χ1) is 7.25. The topological polar surface area (TPSA) is 31.0 Å². The van der Waals surface area contributed by atoms with E-state index in [1.54, 1.807) is 0 Å². The van der Waals surface area contributed by atoms with E-state index < -0.39 is 0 Å². The number of aromatic nitrogens is 2. The molecule has 0 atom stereocenters. The summed E-state index contributed by atoms with van der Waals surface area (Å²) >= 11 is 5.46. The Hall–Kier alpha value is -1.16. The summed E-state index contributed by atoms with van der Waals surface area (Å²) in [6.45, 7) is 2.93. The van der Waals surface area contributed by atoms with Crippen molar-refractivity contribution in [1.29, 1.82) is 0 Å². The van der Waals surface area contributed by atoms with E-state index in [4.69, 9.17) is 16.6 Å². The Morgan fingerprint density at radius 2 is 2.33 bits per heavy atom. The zero-order valence-electron chi connectivity index (χ0n) is 8.62. The van der Waals surface area contributed by atoms with Crippen LogP contribution in [0.4, 0.5) is 0 Å². The fraction of sp³-hybridized carbons (Fsp3) is 0.455. The van der Waals surface area contributed by atoms with Crippen molar-refractivity contribution < 1.29 is 4.42 Å². The summed E-state index contributed by atoms with van der Waals surface area (Å²) in [4.78, 5) is 4.53. The monoisotopic (exact) mass is 220 g/mol. The first-order valence-corrected chi connectivity index (χ1v) is 5.66. The normalized spacial score (nSPS) is 15.5. The molecule has 0 aromatic carbocycles. The van der Waals surface area contributed by atoms with Crippen LogP contribution in [0.25, 0.3) is 11.1 Å². The summed E-state index contributed by atoms with van der Waals surface area (Å²) in [7, 11) is 0. The van der Waals surface area contributed by atoms with Crippen molar-refractivity contribution in [3.63, 3.8) is 0 Å². The number of rotatable bonds is 0. The van der Waals surface area contributed by atoms with Gasteiger partial charge in [0.2, 0.25) is 5.71 Å². The van der Waals surface area contributed by atoms with E-state index in [1.165, 1.54) is 12.8 Å². The summed E-state index contributed by atoms with van der Waals surface area (Å²) < 4.78 is 8.55. The van der Waals surface area contributed by atoms with E-state index in [0.29, 0.717) is 5.71 Å². The third-order valence-electron chi connectivity index (χ3n) is 2.89. The third kappa shape index (κ3) is 1.32. The molecule has 1 aliphatic rings. The minimum absolute atomic E-state index is 0.700. The van der Waals surface area contributed by atoms with Crippen LogP contribution in [-0.2, 0) is 13.0 Å². The van der Waals surface area contributed by atoms with Gasteiger partial charge in [-0.15, -0.1) is 0 Å². The lowest BCUT2D eigenvalue weighted by Crippen LogP contribution is -2.15. The van der Waals surface area contributed by atoms with Crippen LogP contribution in [0.1, 0.15) is 24.4 Å². The molecule has 3 rings (SSSR count). The van der Waals surface area contributed by atoms with Crippen LogP contribution in [0, 0.1) is 11.6 Å². The first-order valence-electron chi connectivity index (χ1n) is 5.25. The Labute approximate surface area is 92.7 Å². The smallest absolute Gasteiger partial charge is 0.230 e. The molecule has 0 unspecified atom stereocenters. The molecule has 0 fully saturated rings. The van der Waals surface area contributed by atoms with Crippen LogP contribution >= 0.6 is 12.2 Å². The molecule has 0 spiro atoms. The first kappa shape index (κ1) is 9.09. The van der Waals surface area contributed by atoms with Crippen LogP contribution in [-0.4, -0.2) is 9.55 Å². The van der Waals surface area contributed by atoms with E-state index in [9.17, 15) is 0 Å². The minimum Gasteiger partial charge on any atom is -0.443 e. The molecule has 0 aliphatic carbocycles. The summed E-state index contributed by atoms with van der Waals surface area (Å²) in [6, 6.07) is 1.98. The summed E-state index contributed by atoms with van der Waals surface area (Å²) in [5.74, 6) is 1.96. The molecule has 2 aromatic heterocycles. The molecule has 0 amide bonds. The molecule has 0 saturated carbocycles. The van der Waals surface area contributed by atoms with E-state index in [0.717, 1.165) is 34.6 Å². The third-order valence-corrected chi connectivity index (χ3v) is 3.33. The highest BCUT2D eigenvalue weighted by molar-refractivity contribution is 7.71. The Bertz CT molecular complexity index is 582. The van der Waals surface area contributed by atoms with E-state index in [2.05, 4.69) is 9.55 Å². The van der Waals surface area contributed by atoms with Gasteiger partial charge in [-0.05, 0) is 25.8 Å². The number of fused-ring (bicyclic) bond motifs is 2. The minimum atomic E-state index is 0.700. The van der Waals surface area contributed by atoms with Gasteiger partial charge >= 0.3 is 0 Å². The predicted molar refractivity (Wildman–Crippen MR) is 60.5 cm³/mol. The average Bonchev–Trinajstić information content (AvgIpc) is 2.59. The molecule has 0 radical (unpaired) electrons. The molecule has 3 nitrogen and oxygen atoms in total. The number of furan rings is 1. The molecule has 1 aliphatic heterocycles. The largest absolute Gasteiger partial charge is 0.443 e. The summed E-state index contributed by atoms with van der Waals surface area (Å²) in [5.41, 5.74) is 0.700. The average molecular weight is 220 g/mol. The van der Waals surface area contributed by atoms with Crippen molar-refractivity contribution in [1.82, 2.24) is 9.55 Å². The van der Waals surface area contributed by atoms with E-state index in [-0.39, 0.29) is 0 Å². The Morgan fingerprint density at radius 1 is 1.47 bits per heavy atom. The second kappa shape index (κ2) is 3.17. The van der Waals surface area contributed by atoms with E-state index in [1.807, 2.05) is 13.0 Å². The van der Waals surface area contributed by atoms with Gasteiger partial charge in [-0.25, -0.2) is 0 Å². The Morgan fingerprint density at radius 3 is 3.20 bits per heavy atom. The van der Waals surface area contributed by atoms with Gasteiger partial charge in [0.05, 0.1) is 5.39 Å². The molecule has 0 saturated heterocycles. The van der Waals surface area contributed by atoms with Crippen molar-refractivity contribution in [2.45, 2.75) is 32.7 Å². The highest BCUT2D eigenvalue weighted by Crippen LogP contribution is 2.22. The highest BCUT2D eigenvalue weighted by Gasteiger charge is 2.14. The van der Waals surface area contributed by atoms with Gasteiger partial charge in [0, 0.05) is 13.0 Å². The number of hydrogen-bond donors (Lipinski definition) is 0. The standard InChI is InChI=1S/C11H12N2OS/c1-7-6-8-10(14-7)12-9-4-2-3-5-13(9)11(8)15/h6H,2-5H2,1H3. The molecule has 3 heterocycles. The Balaban J connectivity index is 2.40. The maximum atomic E-state index is 5.52. The molecule has 0 bridgehead atoms. The highest BCUT2D eigenvalue weighted by atomic mass is 32.1. The van der Waals surface area contributed by atoms with Gasteiger partial charge in [-0.1, -0.05) is 12.2 Å². The van der Waals surface area contributed by atoms with Gasteiger partial charge in [-0.3, -0.25) is 0 Å². The maximum absolute atomic E-state index is 5.52. The second-order valence-electron chi connectivity index (χ2n) is 4.02. The zero-order chi connectivity index (χ0) is 10.4. The van der Waals surface area contributed by atoms with Gasteiger partial charge in [0.15, 0.2) is 0 Å². The second-order valence-corrected chi connectivity index (χ2v) is 4.40. The van der Waals surface area contributed by atoms with Crippen LogP contribution in [0.5, 0.6) is 0 Å². The quantitative estimate of drug-likeness (QED) is 0.639.